The molecule has 1 aliphatic heterocycles. The van der Waals surface area contributed by atoms with E-state index in [1.807, 2.05) is 11.0 Å². The normalized spacial score (nSPS) is 16.3. The molecule has 10 heteroatoms. The summed E-state index contributed by atoms with van der Waals surface area (Å²) in [5.74, 6) is 2.17. The number of H-pyrrole nitrogens is 1. The lowest BCUT2D eigenvalue weighted by Gasteiger charge is -2.31. The first-order valence-corrected chi connectivity index (χ1v) is 13.2. The molecule has 3 aromatic heterocycles. The van der Waals surface area contributed by atoms with Gasteiger partial charge in [-0.1, -0.05) is 0 Å². The standard InChI is InChI=1S/C23H26N4O4S2/c28-19(27-8-6-14(7-9-27)21(29)24-11-15-3-2-10-31-15)13-32-12-18-25-22(30)20-16-4-1-5-17(16)33-23(20)26-18/h2-3,10,14H,1,4-9,11-13H2,(H,24,29)(H,25,26,30). The van der Waals surface area contributed by atoms with Crippen molar-refractivity contribution in [3.8, 4) is 0 Å². The third kappa shape index (κ3) is 4.86. The van der Waals surface area contributed by atoms with Gasteiger partial charge in [-0.3, -0.25) is 14.4 Å². The Hall–Kier alpha value is -2.59. The second kappa shape index (κ2) is 9.72. The van der Waals surface area contributed by atoms with Crippen LogP contribution in [0.25, 0.3) is 10.2 Å². The zero-order valence-corrected chi connectivity index (χ0v) is 19.9. The average molecular weight is 487 g/mol. The average Bonchev–Trinajstić information content (AvgIpc) is 3.55. The monoisotopic (exact) mass is 486 g/mol. The van der Waals surface area contributed by atoms with Crippen molar-refractivity contribution in [1.29, 1.82) is 0 Å². The molecule has 0 bridgehead atoms. The number of fused-ring (bicyclic) bond motifs is 3. The molecule has 0 atom stereocenters. The maximum Gasteiger partial charge on any atom is 0.259 e. The summed E-state index contributed by atoms with van der Waals surface area (Å²) in [5, 5.41) is 3.66. The van der Waals surface area contributed by atoms with Gasteiger partial charge < -0.3 is 19.6 Å². The number of carbonyl (C=O) groups is 2. The summed E-state index contributed by atoms with van der Waals surface area (Å²) in [6.07, 6.45) is 6.03. The van der Waals surface area contributed by atoms with Gasteiger partial charge in [0.2, 0.25) is 11.8 Å². The lowest BCUT2D eigenvalue weighted by atomic mass is 9.96. The Kier molecular flexibility index (Phi) is 6.55. The molecule has 1 saturated heterocycles. The highest BCUT2D eigenvalue weighted by atomic mass is 32.2. The zero-order valence-electron chi connectivity index (χ0n) is 18.2. The van der Waals surface area contributed by atoms with Crippen LogP contribution in [0, 0.1) is 5.92 Å². The van der Waals surface area contributed by atoms with Crippen LogP contribution in [-0.4, -0.2) is 45.5 Å². The molecule has 0 aromatic carbocycles. The number of hydrogen-bond donors (Lipinski definition) is 2. The van der Waals surface area contributed by atoms with E-state index in [0.717, 1.165) is 35.2 Å². The lowest BCUT2D eigenvalue weighted by molar-refractivity contribution is -0.133. The number of hydrogen-bond acceptors (Lipinski definition) is 7. The van der Waals surface area contributed by atoms with Gasteiger partial charge in [-0.25, -0.2) is 4.98 Å². The Morgan fingerprint density at radius 1 is 1.30 bits per heavy atom. The van der Waals surface area contributed by atoms with E-state index in [0.29, 0.717) is 49.8 Å². The van der Waals surface area contributed by atoms with Crippen molar-refractivity contribution >= 4 is 45.1 Å². The largest absolute Gasteiger partial charge is 0.467 e. The fraction of sp³-hybridized carbons (Fsp3) is 0.478. The van der Waals surface area contributed by atoms with Gasteiger partial charge in [0.05, 0.1) is 29.7 Å². The van der Waals surface area contributed by atoms with Crippen LogP contribution in [-0.2, 0) is 34.7 Å². The van der Waals surface area contributed by atoms with Crippen LogP contribution in [0.3, 0.4) is 0 Å². The minimum Gasteiger partial charge on any atom is -0.467 e. The zero-order chi connectivity index (χ0) is 22.8. The number of nitrogens with zero attached hydrogens (tertiary/aromatic N) is 2. The Labute approximate surface area is 199 Å². The number of amides is 2. The van der Waals surface area contributed by atoms with E-state index in [9.17, 15) is 14.4 Å². The fourth-order valence-corrected chi connectivity index (χ4v) is 6.63. The summed E-state index contributed by atoms with van der Waals surface area (Å²) >= 11 is 3.09. The highest BCUT2D eigenvalue weighted by molar-refractivity contribution is 7.99. The second-order valence-electron chi connectivity index (χ2n) is 8.50. The molecule has 174 valence electrons. The number of aromatic amines is 1. The summed E-state index contributed by atoms with van der Waals surface area (Å²) in [6, 6.07) is 3.62. The maximum absolute atomic E-state index is 12.6. The van der Waals surface area contributed by atoms with Gasteiger partial charge in [0.1, 0.15) is 16.4 Å². The molecular weight excluding hydrogens is 460 g/mol. The smallest absolute Gasteiger partial charge is 0.259 e. The number of aromatic nitrogens is 2. The highest BCUT2D eigenvalue weighted by Gasteiger charge is 2.27. The Bertz CT molecular complexity index is 1210. The molecule has 1 aliphatic carbocycles. The molecular formula is C23H26N4O4S2. The maximum atomic E-state index is 12.6. The van der Waals surface area contributed by atoms with Crippen molar-refractivity contribution in [2.24, 2.45) is 5.92 Å². The van der Waals surface area contributed by atoms with Gasteiger partial charge in [-0.2, -0.15) is 0 Å². The summed E-state index contributed by atoms with van der Waals surface area (Å²) in [6.45, 7) is 1.55. The van der Waals surface area contributed by atoms with Crippen LogP contribution >= 0.6 is 23.1 Å². The minimum absolute atomic E-state index is 0.0119. The summed E-state index contributed by atoms with van der Waals surface area (Å²) in [4.78, 5) is 49.0. The number of furan rings is 1. The van der Waals surface area contributed by atoms with Crippen LogP contribution in [0.5, 0.6) is 0 Å². The molecule has 0 saturated carbocycles. The van der Waals surface area contributed by atoms with Gasteiger partial charge in [0, 0.05) is 23.9 Å². The van der Waals surface area contributed by atoms with Crippen LogP contribution in [0.1, 0.15) is 41.3 Å². The van der Waals surface area contributed by atoms with Crippen molar-refractivity contribution in [1.82, 2.24) is 20.2 Å². The van der Waals surface area contributed by atoms with E-state index >= 15 is 0 Å². The summed E-state index contributed by atoms with van der Waals surface area (Å²) in [7, 11) is 0. The third-order valence-corrected chi connectivity index (χ3v) is 8.44. The number of likely N-dealkylation sites (tertiary alicyclic amines) is 1. The number of nitrogens with one attached hydrogen (secondary N) is 2. The quantitative estimate of drug-likeness (QED) is 0.532. The molecule has 1 fully saturated rings. The first kappa shape index (κ1) is 22.2. The van der Waals surface area contributed by atoms with Gasteiger partial charge in [-0.15, -0.1) is 23.1 Å². The van der Waals surface area contributed by atoms with Crippen LogP contribution in [0.4, 0.5) is 0 Å². The van der Waals surface area contributed by atoms with E-state index < -0.39 is 0 Å². The molecule has 2 amide bonds. The van der Waals surface area contributed by atoms with E-state index in [-0.39, 0.29) is 23.3 Å². The predicted octanol–water partition coefficient (Wildman–Crippen LogP) is 2.85. The molecule has 4 heterocycles. The first-order valence-electron chi connectivity index (χ1n) is 11.3. The van der Waals surface area contributed by atoms with E-state index in [1.165, 1.54) is 22.2 Å². The van der Waals surface area contributed by atoms with Crippen molar-refractivity contribution < 1.29 is 14.0 Å². The van der Waals surface area contributed by atoms with Crippen molar-refractivity contribution in [3.05, 3.63) is 50.8 Å². The predicted molar refractivity (Wildman–Crippen MR) is 128 cm³/mol. The summed E-state index contributed by atoms with van der Waals surface area (Å²) in [5.41, 5.74) is 1.12. The molecule has 0 unspecified atom stereocenters. The van der Waals surface area contributed by atoms with E-state index in [4.69, 9.17) is 4.42 Å². The second-order valence-corrected chi connectivity index (χ2v) is 10.6. The Morgan fingerprint density at radius 3 is 2.94 bits per heavy atom. The van der Waals surface area contributed by atoms with E-state index in [1.54, 1.807) is 23.7 Å². The SMILES string of the molecule is O=C(NCc1ccco1)C1CCN(C(=O)CSCc2nc3sc4c(c3c(=O)[nH]2)CCC4)CC1. The third-order valence-electron chi connectivity index (χ3n) is 6.32. The number of thioether (sulfide) groups is 1. The van der Waals surface area contributed by atoms with Gasteiger partial charge >= 0.3 is 0 Å². The number of carbonyl (C=O) groups excluding carboxylic acids is 2. The molecule has 8 nitrogen and oxygen atoms in total. The Morgan fingerprint density at radius 2 is 2.15 bits per heavy atom. The number of thiophene rings is 1. The first-order chi connectivity index (χ1) is 16.1. The summed E-state index contributed by atoms with van der Waals surface area (Å²) < 4.78 is 5.24. The van der Waals surface area contributed by atoms with Crippen molar-refractivity contribution in [2.45, 2.75) is 44.4 Å². The molecule has 2 aliphatic rings. The van der Waals surface area contributed by atoms with Crippen molar-refractivity contribution in [2.75, 3.05) is 18.8 Å². The Balaban J connectivity index is 1.08. The van der Waals surface area contributed by atoms with E-state index in [2.05, 4.69) is 15.3 Å². The topological polar surface area (TPSA) is 108 Å². The minimum atomic E-state index is -0.0786. The number of aryl methyl sites for hydroxylation is 2. The molecule has 33 heavy (non-hydrogen) atoms. The van der Waals surface area contributed by atoms with Crippen LogP contribution in [0.15, 0.2) is 27.6 Å². The fourth-order valence-electron chi connectivity index (χ4n) is 4.56. The molecule has 0 radical (unpaired) electrons. The lowest BCUT2D eigenvalue weighted by Crippen LogP contribution is -2.43. The van der Waals surface area contributed by atoms with Crippen molar-refractivity contribution in [3.63, 3.8) is 0 Å². The van der Waals surface area contributed by atoms with Gasteiger partial charge in [0.25, 0.3) is 5.56 Å². The molecule has 5 rings (SSSR count). The van der Waals surface area contributed by atoms with Gasteiger partial charge in [0.15, 0.2) is 0 Å². The van der Waals surface area contributed by atoms with Gasteiger partial charge in [-0.05, 0) is 49.8 Å². The van der Waals surface area contributed by atoms with Crippen LogP contribution < -0.4 is 10.9 Å². The highest BCUT2D eigenvalue weighted by Crippen LogP contribution is 2.34. The number of rotatable bonds is 7. The number of piperidine rings is 1. The molecule has 0 spiro atoms. The van der Waals surface area contributed by atoms with Crippen LogP contribution in [0.2, 0.25) is 0 Å². The molecule has 3 aromatic rings. The molecule has 2 N–H and O–H groups in total.